The first-order valence-electron chi connectivity index (χ1n) is 5.41. The molecule has 1 nitrogen and oxygen atoms in total. The molecule has 0 amide bonds. The first-order valence-corrected chi connectivity index (χ1v) is 5.41. The molecule has 1 unspecified atom stereocenters. The van der Waals surface area contributed by atoms with E-state index in [1.54, 1.807) is 6.08 Å². The summed E-state index contributed by atoms with van der Waals surface area (Å²) in [6.45, 7) is 6.28. The number of carbonyl (C=O) groups excluding carboxylic acids is 1. The quantitative estimate of drug-likeness (QED) is 0.433. The minimum Gasteiger partial charge on any atom is -0.295 e. The largest absolute Gasteiger partial charge is 0.295 e. The number of allylic oxidation sites excluding steroid dienone is 2. The lowest BCUT2D eigenvalue weighted by Gasteiger charge is -2.03. The molecule has 0 aromatic heterocycles. The third-order valence-electron chi connectivity index (χ3n) is 2.22. The predicted octanol–water partition coefficient (Wildman–Crippen LogP) is 3.74. The van der Waals surface area contributed by atoms with Gasteiger partial charge in [-0.25, -0.2) is 0 Å². The molecule has 0 spiro atoms. The lowest BCUT2D eigenvalue weighted by molar-refractivity contribution is -0.114. The Morgan fingerprint density at radius 2 is 2.00 bits per heavy atom. The van der Waals surface area contributed by atoms with Gasteiger partial charge in [0.05, 0.1) is 0 Å². The van der Waals surface area contributed by atoms with E-state index in [0.29, 0.717) is 12.3 Å². The molecule has 0 radical (unpaired) electrons. The maximum absolute atomic E-state index is 11.0. The zero-order valence-corrected chi connectivity index (χ0v) is 9.18. The molecule has 0 aliphatic rings. The van der Waals surface area contributed by atoms with Gasteiger partial charge in [-0.3, -0.25) is 4.79 Å². The molecule has 0 heterocycles. The van der Waals surface area contributed by atoms with E-state index in [1.165, 1.54) is 25.7 Å². The van der Waals surface area contributed by atoms with Crippen LogP contribution in [0.2, 0.25) is 0 Å². The Labute approximate surface area is 82.2 Å². The van der Waals surface area contributed by atoms with Crippen LogP contribution in [0.3, 0.4) is 0 Å². The summed E-state index contributed by atoms with van der Waals surface area (Å²) in [5.74, 6) is 0.796. The van der Waals surface area contributed by atoms with Crippen molar-refractivity contribution in [2.45, 2.75) is 52.9 Å². The molecule has 0 aromatic rings. The fourth-order valence-corrected chi connectivity index (χ4v) is 1.20. The van der Waals surface area contributed by atoms with E-state index >= 15 is 0 Å². The van der Waals surface area contributed by atoms with Gasteiger partial charge in [-0.15, -0.1) is 0 Å². The topological polar surface area (TPSA) is 17.1 Å². The van der Waals surface area contributed by atoms with Crippen molar-refractivity contribution < 1.29 is 4.79 Å². The van der Waals surface area contributed by atoms with Crippen LogP contribution >= 0.6 is 0 Å². The summed E-state index contributed by atoms with van der Waals surface area (Å²) in [6, 6.07) is 0. The van der Waals surface area contributed by atoms with E-state index in [2.05, 4.69) is 13.8 Å². The normalized spacial score (nSPS) is 13.5. The Morgan fingerprint density at radius 3 is 2.54 bits per heavy atom. The molecular formula is C12H22O. The molecule has 13 heavy (non-hydrogen) atoms. The summed E-state index contributed by atoms with van der Waals surface area (Å²) in [5, 5.41) is 0. The summed E-state index contributed by atoms with van der Waals surface area (Å²) in [5.41, 5.74) is 0. The molecule has 0 N–H and O–H groups in total. The number of hydrogen-bond acceptors (Lipinski definition) is 1. The second-order valence-corrected chi connectivity index (χ2v) is 3.65. The van der Waals surface area contributed by atoms with Gasteiger partial charge in [-0.2, -0.15) is 0 Å². The Bertz CT molecular complexity index is 159. The monoisotopic (exact) mass is 182 g/mol. The van der Waals surface area contributed by atoms with E-state index in [4.69, 9.17) is 0 Å². The van der Waals surface area contributed by atoms with E-state index in [-0.39, 0.29) is 5.78 Å². The molecule has 0 fully saturated rings. The molecule has 76 valence electrons. The fourth-order valence-electron chi connectivity index (χ4n) is 1.20. The lowest BCUT2D eigenvalue weighted by Crippen LogP contribution is -1.93. The third kappa shape index (κ3) is 7.76. The van der Waals surface area contributed by atoms with Gasteiger partial charge in [0, 0.05) is 6.42 Å². The molecule has 1 heteroatoms. The number of hydrogen-bond donors (Lipinski definition) is 0. The van der Waals surface area contributed by atoms with Crippen molar-refractivity contribution in [2.24, 2.45) is 5.92 Å². The Kier molecular flexibility index (Phi) is 7.66. The summed E-state index contributed by atoms with van der Waals surface area (Å²) in [6.07, 6.45) is 9.46. The van der Waals surface area contributed by atoms with Crippen LogP contribution in [-0.2, 0) is 4.79 Å². The minimum absolute atomic E-state index is 0.238. The molecule has 0 saturated carbocycles. The van der Waals surface area contributed by atoms with Gasteiger partial charge in [-0.05, 0) is 18.4 Å². The van der Waals surface area contributed by atoms with Crippen LogP contribution in [0.5, 0.6) is 0 Å². The average Bonchev–Trinajstić information content (AvgIpc) is 2.14. The number of unbranched alkanes of at least 4 members (excludes halogenated alkanes) is 2. The van der Waals surface area contributed by atoms with Crippen LogP contribution in [0.1, 0.15) is 52.9 Å². The second-order valence-electron chi connectivity index (χ2n) is 3.65. The molecule has 1 atom stereocenters. The van der Waals surface area contributed by atoms with E-state index < -0.39 is 0 Å². The molecule has 0 aliphatic carbocycles. The van der Waals surface area contributed by atoms with Crippen LogP contribution in [-0.4, -0.2) is 5.78 Å². The van der Waals surface area contributed by atoms with Crippen LogP contribution in [0.15, 0.2) is 12.2 Å². The number of carbonyl (C=O) groups is 1. The van der Waals surface area contributed by atoms with Crippen molar-refractivity contribution in [1.29, 1.82) is 0 Å². The van der Waals surface area contributed by atoms with E-state index in [9.17, 15) is 4.79 Å². The van der Waals surface area contributed by atoms with Crippen molar-refractivity contribution in [1.82, 2.24) is 0 Å². The molecule has 0 rings (SSSR count). The highest BCUT2D eigenvalue weighted by atomic mass is 16.1. The lowest BCUT2D eigenvalue weighted by atomic mass is 10.0. The van der Waals surface area contributed by atoms with Gasteiger partial charge >= 0.3 is 0 Å². The number of ketones is 1. The highest BCUT2D eigenvalue weighted by molar-refractivity contribution is 5.89. The van der Waals surface area contributed by atoms with Gasteiger partial charge in [0.25, 0.3) is 0 Å². The van der Waals surface area contributed by atoms with Crippen LogP contribution < -0.4 is 0 Å². The maximum Gasteiger partial charge on any atom is 0.155 e. The summed E-state index contributed by atoms with van der Waals surface area (Å²) < 4.78 is 0. The van der Waals surface area contributed by atoms with Gasteiger partial charge in [-0.1, -0.05) is 46.1 Å². The average molecular weight is 182 g/mol. The van der Waals surface area contributed by atoms with Crippen molar-refractivity contribution in [3.63, 3.8) is 0 Å². The smallest absolute Gasteiger partial charge is 0.155 e. The molecular weight excluding hydrogens is 160 g/mol. The third-order valence-corrected chi connectivity index (χ3v) is 2.22. The first kappa shape index (κ1) is 12.4. The second kappa shape index (κ2) is 8.03. The van der Waals surface area contributed by atoms with Crippen molar-refractivity contribution in [3.8, 4) is 0 Å². The summed E-state index contributed by atoms with van der Waals surface area (Å²) in [4.78, 5) is 11.0. The SMILES string of the molecule is CCCCCC(C)/C=C\C(=O)CC. The number of rotatable bonds is 7. The fraction of sp³-hybridized carbons (Fsp3) is 0.750. The first-order chi connectivity index (χ1) is 6.20. The van der Waals surface area contributed by atoms with Crippen LogP contribution in [0.4, 0.5) is 0 Å². The Balaban J connectivity index is 3.54. The Hall–Kier alpha value is -0.590. The van der Waals surface area contributed by atoms with E-state index in [0.717, 1.165) is 0 Å². The van der Waals surface area contributed by atoms with E-state index in [1.807, 2.05) is 13.0 Å². The summed E-state index contributed by atoms with van der Waals surface area (Å²) >= 11 is 0. The predicted molar refractivity (Wildman–Crippen MR) is 57.7 cm³/mol. The van der Waals surface area contributed by atoms with Crippen LogP contribution in [0, 0.1) is 5.92 Å². The summed E-state index contributed by atoms with van der Waals surface area (Å²) in [7, 11) is 0. The zero-order chi connectivity index (χ0) is 10.1. The van der Waals surface area contributed by atoms with Crippen molar-refractivity contribution in [2.75, 3.05) is 0 Å². The zero-order valence-electron chi connectivity index (χ0n) is 9.18. The minimum atomic E-state index is 0.238. The molecule has 0 saturated heterocycles. The van der Waals surface area contributed by atoms with Crippen molar-refractivity contribution >= 4 is 5.78 Å². The molecule has 0 aliphatic heterocycles. The van der Waals surface area contributed by atoms with Gasteiger partial charge < -0.3 is 0 Å². The highest BCUT2D eigenvalue weighted by Gasteiger charge is 1.97. The molecule has 0 bridgehead atoms. The standard InChI is InChI=1S/C12H22O/c1-4-6-7-8-11(3)9-10-12(13)5-2/h9-11H,4-8H2,1-3H3/b10-9-. The maximum atomic E-state index is 11.0. The van der Waals surface area contributed by atoms with Gasteiger partial charge in [0.15, 0.2) is 5.78 Å². The van der Waals surface area contributed by atoms with Gasteiger partial charge in [0.2, 0.25) is 0 Å². The van der Waals surface area contributed by atoms with Gasteiger partial charge in [0.1, 0.15) is 0 Å². The highest BCUT2D eigenvalue weighted by Crippen LogP contribution is 2.10. The van der Waals surface area contributed by atoms with Crippen LogP contribution in [0.25, 0.3) is 0 Å². The van der Waals surface area contributed by atoms with Crippen molar-refractivity contribution in [3.05, 3.63) is 12.2 Å². The Morgan fingerprint density at radius 1 is 1.31 bits per heavy atom. The molecule has 0 aromatic carbocycles.